The predicted octanol–water partition coefficient (Wildman–Crippen LogP) is 4.52. The summed E-state index contributed by atoms with van der Waals surface area (Å²) in [6.45, 7) is -2.28. The van der Waals surface area contributed by atoms with E-state index in [0.29, 0.717) is 29.8 Å². The maximum absolute atomic E-state index is 12.7. The van der Waals surface area contributed by atoms with Crippen molar-refractivity contribution in [2.45, 2.75) is 23.8 Å². The number of hydrogen-bond acceptors (Lipinski definition) is 3. The highest BCUT2D eigenvalue weighted by atomic mass is 32.2. The normalized spacial score (nSPS) is 13.4. The fourth-order valence-corrected chi connectivity index (χ4v) is 4.05. The van der Waals surface area contributed by atoms with Crippen molar-refractivity contribution < 1.29 is 34.8 Å². The number of nitrogens with zero attached hydrogens (tertiary/aromatic N) is 1. The first kappa shape index (κ1) is 19.7. The predicted molar refractivity (Wildman–Crippen MR) is 79.4 cm³/mol. The van der Waals surface area contributed by atoms with Gasteiger partial charge in [-0.15, -0.1) is 0 Å². The minimum Gasteiger partial charge on any atom is -0.207 e. The van der Waals surface area contributed by atoms with Crippen molar-refractivity contribution >= 4 is 21.4 Å². The van der Waals surface area contributed by atoms with E-state index in [0.717, 1.165) is 0 Å². The first-order chi connectivity index (χ1) is 11.4. The highest BCUT2D eigenvalue weighted by Gasteiger charge is 2.37. The van der Waals surface area contributed by atoms with E-state index >= 15 is 0 Å². The molecule has 0 saturated carbocycles. The maximum atomic E-state index is 12.7. The molecule has 0 unspecified atom stereocenters. The number of rotatable bonds is 5. The third-order valence-electron chi connectivity index (χ3n) is 3.11. The summed E-state index contributed by atoms with van der Waals surface area (Å²) in [7, 11) is -4.62. The molecule has 0 aliphatic heterocycles. The largest absolute Gasteiger partial charge is 0.416 e. The quantitative estimate of drug-likeness (QED) is 0.689. The van der Waals surface area contributed by atoms with Crippen LogP contribution in [-0.4, -0.2) is 25.4 Å². The van der Waals surface area contributed by atoms with E-state index < -0.39 is 45.9 Å². The first-order valence-corrected chi connectivity index (χ1v) is 9.03. The zero-order valence-corrected chi connectivity index (χ0v) is 13.9. The maximum Gasteiger partial charge on any atom is 0.416 e. The van der Waals surface area contributed by atoms with Gasteiger partial charge in [-0.1, -0.05) is 0 Å². The molecule has 0 spiro atoms. The van der Waals surface area contributed by atoms with E-state index in [1.165, 1.54) is 22.8 Å². The lowest BCUT2D eigenvalue weighted by molar-refractivity contribution is -0.138. The molecule has 0 fully saturated rings. The molecule has 0 radical (unpaired) electrons. The standard InChI is InChI=1S/C14H11F6NO2S2/c15-13(16,17)9-21(7-10-5-6-24-8-10)25(22,23)12-3-1-11(2-4-12)14(18,19)20/h1-6,8H,7,9H2. The molecule has 0 bridgehead atoms. The van der Waals surface area contributed by atoms with Gasteiger partial charge in [-0.3, -0.25) is 0 Å². The van der Waals surface area contributed by atoms with Crippen molar-refractivity contribution in [2.24, 2.45) is 0 Å². The van der Waals surface area contributed by atoms with Crippen molar-refractivity contribution in [3.8, 4) is 0 Å². The van der Waals surface area contributed by atoms with Crippen molar-refractivity contribution in [1.82, 2.24) is 4.31 Å². The molecule has 0 aliphatic carbocycles. The second-order valence-electron chi connectivity index (χ2n) is 5.04. The average Bonchev–Trinajstić information content (AvgIpc) is 2.97. The van der Waals surface area contributed by atoms with Crippen LogP contribution in [0.25, 0.3) is 0 Å². The van der Waals surface area contributed by atoms with Gasteiger partial charge in [0, 0.05) is 6.54 Å². The Morgan fingerprint density at radius 1 is 0.960 bits per heavy atom. The van der Waals surface area contributed by atoms with Crippen LogP contribution in [-0.2, 0) is 22.7 Å². The van der Waals surface area contributed by atoms with E-state index in [9.17, 15) is 34.8 Å². The van der Waals surface area contributed by atoms with E-state index in [-0.39, 0.29) is 4.31 Å². The SMILES string of the molecule is O=S(=O)(c1ccc(C(F)(F)F)cc1)N(Cc1ccsc1)CC(F)(F)F. The van der Waals surface area contributed by atoms with Gasteiger partial charge in [0.1, 0.15) is 6.54 Å². The zero-order chi connectivity index (χ0) is 18.9. The molecule has 1 aromatic heterocycles. The Morgan fingerprint density at radius 3 is 2.00 bits per heavy atom. The van der Waals surface area contributed by atoms with Gasteiger partial charge in [0.05, 0.1) is 10.5 Å². The van der Waals surface area contributed by atoms with Crippen LogP contribution in [0.2, 0.25) is 0 Å². The van der Waals surface area contributed by atoms with E-state index in [2.05, 4.69) is 0 Å². The molecule has 25 heavy (non-hydrogen) atoms. The molecule has 138 valence electrons. The summed E-state index contributed by atoms with van der Waals surface area (Å²) < 4.78 is 101. The summed E-state index contributed by atoms with van der Waals surface area (Å²) >= 11 is 1.18. The summed E-state index contributed by atoms with van der Waals surface area (Å²) in [5.41, 5.74) is -0.739. The number of benzene rings is 1. The van der Waals surface area contributed by atoms with Gasteiger partial charge in [0.25, 0.3) is 0 Å². The second kappa shape index (κ2) is 6.96. The van der Waals surface area contributed by atoms with Crippen LogP contribution in [0.4, 0.5) is 26.3 Å². The summed E-state index contributed by atoms with van der Waals surface area (Å²) in [6, 6.07) is 3.80. The van der Waals surface area contributed by atoms with E-state index in [1.807, 2.05) is 0 Å². The highest BCUT2D eigenvalue weighted by molar-refractivity contribution is 7.89. The fourth-order valence-electron chi connectivity index (χ4n) is 1.98. The Balaban J connectivity index is 2.36. The van der Waals surface area contributed by atoms with Crippen LogP contribution in [0.1, 0.15) is 11.1 Å². The summed E-state index contributed by atoms with van der Waals surface area (Å²) in [6.07, 6.45) is -9.47. The number of alkyl halides is 6. The molecule has 2 aromatic rings. The Bertz CT molecular complexity index is 795. The van der Waals surface area contributed by atoms with E-state index in [1.54, 1.807) is 5.38 Å². The molecule has 1 aromatic carbocycles. The molecule has 0 atom stereocenters. The Morgan fingerprint density at radius 2 is 1.56 bits per heavy atom. The smallest absolute Gasteiger partial charge is 0.207 e. The first-order valence-electron chi connectivity index (χ1n) is 6.65. The lowest BCUT2D eigenvalue weighted by atomic mass is 10.2. The molecule has 2 rings (SSSR count). The molecular formula is C14H11F6NO2S2. The van der Waals surface area contributed by atoms with Gasteiger partial charge in [0.2, 0.25) is 10.0 Å². The molecule has 0 amide bonds. The molecule has 0 aliphatic rings. The summed E-state index contributed by atoms with van der Waals surface area (Å²) in [5.74, 6) is 0. The van der Waals surface area contributed by atoms with Gasteiger partial charge < -0.3 is 0 Å². The molecule has 1 heterocycles. The van der Waals surface area contributed by atoms with Crippen LogP contribution in [0, 0.1) is 0 Å². The van der Waals surface area contributed by atoms with E-state index in [4.69, 9.17) is 0 Å². The van der Waals surface area contributed by atoms with Gasteiger partial charge in [-0.2, -0.15) is 42.0 Å². The fraction of sp³-hybridized carbons (Fsp3) is 0.286. The van der Waals surface area contributed by atoms with Crippen LogP contribution in [0.5, 0.6) is 0 Å². The summed E-state index contributed by atoms with van der Waals surface area (Å²) in [5, 5.41) is 3.07. The minimum absolute atomic E-state index is 0.192. The number of thiophene rings is 1. The van der Waals surface area contributed by atoms with Crippen molar-refractivity contribution in [2.75, 3.05) is 6.54 Å². The van der Waals surface area contributed by atoms with Gasteiger partial charge >= 0.3 is 12.4 Å². The monoisotopic (exact) mass is 403 g/mol. The van der Waals surface area contributed by atoms with Gasteiger partial charge in [-0.05, 0) is 46.7 Å². The topological polar surface area (TPSA) is 37.4 Å². The number of sulfonamides is 1. The molecular weight excluding hydrogens is 392 g/mol. The molecule has 11 heteroatoms. The number of halogens is 6. The Labute approximate surface area is 143 Å². The second-order valence-corrected chi connectivity index (χ2v) is 7.76. The summed E-state index contributed by atoms with van der Waals surface area (Å²) in [4.78, 5) is -0.639. The lowest BCUT2D eigenvalue weighted by Gasteiger charge is -2.23. The van der Waals surface area contributed by atoms with Gasteiger partial charge in [0.15, 0.2) is 0 Å². The van der Waals surface area contributed by atoms with Crippen LogP contribution in [0.3, 0.4) is 0 Å². The third-order valence-corrected chi connectivity index (χ3v) is 5.65. The van der Waals surface area contributed by atoms with Crippen molar-refractivity contribution in [3.05, 3.63) is 52.2 Å². The van der Waals surface area contributed by atoms with Crippen molar-refractivity contribution in [1.29, 1.82) is 0 Å². The third kappa shape index (κ3) is 5.19. The Hall–Kier alpha value is -1.59. The molecule has 0 N–H and O–H groups in total. The molecule has 3 nitrogen and oxygen atoms in total. The molecule has 0 saturated heterocycles. The van der Waals surface area contributed by atoms with Crippen LogP contribution < -0.4 is 0 Å². The van der Waals surface area contributed by atoms with Crippen LogP contribution >= 0.6 is 11.3 Å². The number of hydrogen-bond donors (Lipinski definition) is 0. The van der Waals surface area contributed by atoms with Crippen LogP contribution in [0.15, 0.2) is 46.0 Å². The average molecular weight is 403 g/mol. The zero-order valence-electron chi connectivity index (χ0n) is 12.3. The lowest BCUT2D eigenvalue weighted by Crippen LogP contribution is -2.38. The van der Waals surface area contributed by atoms with Crippen molar-refractivity contribution in [3.63, 3.8) is 0 Å². The minimum atomic E-state index is -4.80. The Kier molecular flexibility index (Phi) is 5.50. The van der Waals surface area contributed by atoms with Gasteiger partial charge in [-0.25, -0.2) is 8.42 Å². The highest BCUT2D eigenvalue weighted by Crippen LogP contribution is 2.31.